The summed E-state index contributed by atoms with van der Waals surface area (Å²) in [7, 11) is 0. The molecule has 1 heterocycles. The van der Waals surface area contributed by atoms with E-state index in [0.717, 1.165) is 5.56 Å². The Kier molecular flexibility index (Phi) is 4.30. The molecule has 1 aromatic heterocycles. The van der Waals surface area contributed by atoms with Crippen LogP contribution in [-0.2, 0) is 6.42 Å². The summed E-state index contributed by atoms with van der Waals surface area (Å²) in [6.45, 7) is 1.96. The Morgan fingerprint density at radius 2 is 2.05 bits per heavy atom. The summed E-state index contributed by atoms with van der Waals surface area (Å²) in [5.74, 6) is -0.306. The lowest BCUT2D eigenvalue weighted by atomic mass is 10.1. The van der Waals surface area contributed by atoms with Crippen LogP contribution in [0.4, 0.5) is 10.2 Å². The third kappa shape index (κ3) is 3.54. The molecule has 4 nitrogen and oxygen atoms in total. The molecule has 0 fully saturated rings. The molecule has 0 bridgehead atoms. The predicted octanol–water partition coefficient (Wildman–Crippen LogP) is 2.36. The zero-order valence-corrected chi connectivity index (χ0v) is 11.1. The van der Waals surface area contributed by atoms with E-state index >= 15 is 0 Å². The second-order valence-corrected chi connectivity index (χ2v) is 4.64. The molecule has 104 valence electrons. The highest BCUT2D eigenvalue weighted by Crippen LogP contribution is 2.14. The van der Waals surface area contributed by atoms with E-state index in [0.29, 0.717) is 17.8 Å². The van der Waals surface area contributed by atoms with Crippen LogP contribution >= 0.6 is 0 Å². The highest BCUT2D eigenvalue weighted by Gasteiger charge is 2.11. The van der Waals surface area contributed by atoms with Crippen molar-refractivity contribution >= 4 is 11.7 Å². The van der Waals surface area contributed by atoms with Gasteiger partial charge >= 0.3 is 0 Å². The van der Waals surface area contributed by atoms with Crippen molar-refractivity contribution in [2.45, 2.75) is 19.4 Å². The van der Waals surface area contributed by atoms with Crippen molar-refractivity contribution in [3.63, 3.8) is 0 Å². The van der Waals surface area contributed by atoms with Gasteiger partial charge in [0.05, 0.1) is 5.56 Å². The van der Waals surface area contributed by atoms with Crippen molar-refractivity contribution in [1.29, 1.82) is 0 Å². The summed E-state index contributed by atoms with van der Waals surface area (Å²) in [6, 6.07) is 9.66. The maximum atomic E-state index is 12.8. The summed E-state index contributed by atoms with van der Waals surface area (Å²) in [6.07, 6.45) is 2.29. The number of nitrogens with one attached hydrogen (secondary N) is 1. The monoisotopic (exact) mass is 273 g/mol. The average Bonchev–Trinajstić information content (AvgIpc) is 2.41. The quantitative estimate of drug-likeness (QED) is 0.878. The normalized spacial score (nSPS) is 11.9. The zero-order chi connectivity index (χ0) is 14.5. The molecule has 0 aliphatic heterocycles. The molecule has 1 amide bonds. The minimum atomic E-state index is -0.519. The topological polar surface area (TPSA) is 68.0 Å². The van der Waals surface area contributed by atoms with Gasteiger partial charge in [-0.2, -0.15) is 0 Å². The number of hydrogen-bond acceptors (Lipinski definition) is 3. The van der Waals surface area contributed by atoms with Gasteiger partial charge in [-0.15, -0.1) is 0 Å². The molecule has 3 N–H and O–H groups in total. The summed E-state index contributed by atoms with van der Waals surface area (Å²) in [5, 5.41) is 3.15. The number of carbonyl (C=O) groups is 1. The van der Waals surface area contributed by atoms with Crippen LogP contribution in [0.1, 0.15) is 22.8 Å². The smallest absolute Gasteiger partial charge is 0.252 e. The molecule has 0 spiro atoms. The number of anilines is 1. The standard InChI is InChI=1S/C15H16FN3O/c1-10(9-11-4-6-12(16)7-5-11)19-15-13(14(17)20)3-2-8-18-15/h2-8,10H,9H2,1H3,(H2,17,20)(H,18,19). The highest BCUT2D eigenvalue weighted by atomic mass is 19.1. The average molecular weight is 273 g/mol. The van der Waals surface area contributed by atoms with Crippen LogP contribution in [0.2, 0.25) is 0 Å². The van der Waals surface area contributed by atoms with Gasteiger partial charge in [0.2, 0.25) is 0 Å². The Bertz CT molecular complexity index is 598. The van der Waals surface area contributed by atoms with Crippen molar-refractivity contribution in [2.75, 3.05) is 5.32 Å². The molecule has 2 rings (SSSR count). The Balaban J connectivity index is 2.06. The molecule has 0 aliphatic carbocycles. The van der Waals surface area contributed by atoms with E-state index in [4.69, 9.17) is 5.73 Å². The zero-order valence-electron chi connectivity index (χ0n) is 11.1. The lowest BCUT2D eigenvalue weighted by Gasteiger charge is -2.16. The van der Waals surface area contributed by atoms with Crippen LogP contribution < -0.4 is 11.1 Å². The number of nitrogens with zero attached hydrogens (tertiary/aromatic N) is 1. The fraction of sp³-hybridized carbons (Fsp3) is 0.200. The second kappa shape index (κ2) is 6.14. The van der Waals surface area contributed by atoms with Gasteiger partial charge < -0.3 is 11.1 Å². The number of primary amides is 1. The molecule has 0 saturated heterocycles. The molecule has 0 radical (unpaired) electrons. The second-order valence-electron chi connectivity index (χ2n) is 4.64. The number of benzene rings is 1. The van der Waals surface area contributed by atoms with Gasteiger partial charge in [0.25, 0.3) is 5.91 Å². The third-order valence-electron chi connectivity index (χ3n) is 2.91. The van der Waals surface area contributed by atoms with Crippen LogP contribution in [0.25, 0.3) is 0 Å². The number of halogens is 1. The van der Waals surface area contributed by atoms with Crippen molar-refractivity contribution in [3.8, 4) is 0 Å². The Morgan fingerprint density at radius 3 is 2.70 bits per heavy atom. The first-order chi connectivity index (χ1) is 9.56. The summed E-state index contributed by atoms with van der Waals surface area (Å²) in [4.78, 5) is 15.4. The highest BCUT2D eigenvalue weighted by molar-refractivity contribution is 5.97. The van der Waals surface area contributed by atoms with Gasteiger partial charge in [0.15, 0.2) is 0 Å². The number of amides is 1. The van der Waals surface area contributed by atoms with Gasteiger partial charge in [0.1, 0.15) is 11.6 Å². The molecule has 0 saturated carbocycles. The number of carbonyl (C=O) groups excluding carboxylic acids is 1. The van der Waals surface area contributed by atoms with Crippen molar-refractivity contribution in [2.24, 2.45) is 5.73 Å². The number of hydrogen-bond donors (Lipinski definition) is 2. The third-order valence-corrected chi connectivity index (χ3v) is 2.91. The van der Waals surface area contributed by atoms with Crippen molar-refractivity contribution in [1.82, 2.24) is 4.98 Å². The molecule has 5 heteroatoms. The molecule has 2 aromatic rings. The van der Waals surface area contributed by atoms with Crippen LogP contribution in [0.5, 0.6) is 0 Å². The number of aromatic nitrogens is 1. The minimum absolute atomic E-state index is 0.0356. The Morgan fingerprint density at radius 1 is 1.35 bits per heavy atom. The van der Waals surface area contributed by atoms with Gasteiger partial charge in [-0.1, -0.05) is 12.1 Å². The molecule has 1 atom stereocenters. The largest absolute Gasteiger partial charge is 0.367 e. The summed E-state index contributed by atoms with van der Waals surface area (Å²) in [5.41, 5.74) is 6.66. The molecule has 0 aliphatic rings. The predicted molar refractivity (Wildman–Crippen MR) is 75.9 cm³/mol. The van der Waals surface area contributed by atoms with E-state index in [2.05, 4.69) is 10.3 Å². The first kappa shape index (κ1) is 14.0. The van der Waals surface area contributed by atoms with Gasteiger partial charge in [-0.05, 0) is 43.2 Å². The number of rotatable bonds is 5. The number of nitrogens with two attached hydrogens (primary N) is 1. The van der Waals surface area contributed by atoms with E-state index in [1.54, 1.807) is 30.5 Å². The lowest BCUT2D eigenvalue weighted by molar-refractivity contribution is 0.100. The molecular formula is C15H16FN3O. The van der Waals surface area contributed by atoms with Crippen molar-refractivity contribution in [3.05, 3.63) is 59.5 Å². The van der Waals surface area contributed by atoms with Crippen LogP contribution in [0.15, 0.2) is 42.6 Å². The van der Waals surface area contributed by atoms with E-state index in [9.17, 15) is 9.18 Å². The first-order valence-corrected chi connectivity index (χ1v) is 6.32. The summed E-state index contributed by atoms with van der Waals surface area (Å²) < 4.78 is 12.8. The van der Waals surface area contributed by atoms with Crippen LogP contribution in [-0.4, -0.2) is 16.9 Å². The minimum Gasteiger partial charge on any atom is -0.367 e. The van der Waals surface area contributed by atoms with E-state index in [1.807, 2.05) is 6.92 Å². The van der Waals surface area contributed by atoms with E-state index in [-0.39, 0.29) is 11.9 Å². The number of pyridine rings is 1. The summed E-state index contributed by atoms with van der Waals surface area (Å²) >= 11 is 0. The maximum absolute atomic E-state index is 12.8. The van der Waals surface area contributed by atoms with E-state index < -0.39 is 5.91 Å². The van der Waals surface area contributed by atoms with E-state index in [1.165, 1.54) is 12.1 Å². The molecule has 1 unspecified atom stereocenters. The SMILES string of the molecule is CC(Cc1ccc(F)cc1)Nc1ncccc1C(N)=O. The van der Waals surface area contributed by atoms with Gasteiger partial charge in [0, 0.05) is 12.2 Å². The maximum Gasteiger partial charge on any atom is 0.252 e. The van der Waals surface area contributed by atoms with Gasteiger partial charge in [-0.3, -0.25) is 4.79 Å². The fourth-order valence-corrected chi connectivity index (χ4v) is 1.98. The van der Waals surface area contributed by atoms with Gasteiger partial charge in [-0.25, -0.2) is 9.37 Å². The van der Waals surface area contributed by atoms with Crippen LogP contribution in [0.3, 0.4) is 0 Å². The van der Waals surface area contributed by atoms with Crippen molar-refractivity contribution < 1.29 is 9.18 Å². The molecule has 20 heavy (non-hydrogen) atoms. The lowest BCUT2D eigenvalue weighted by Crippen LogP contribution is -2.22. The molecular weight excluding hydrogens is 257 g/mol. The fourth-order valence-electron chi connectivity index (χ4n) is 1.98. The van der Waals surface area contributed by atoms with Crippen LogP contribution in [0, 0.1) is 5.82 Å². The molecule has 1 aromatic carbocycles. The Hall–Kier alpha value is -2.43. The first-order valence-electron chi connectivity index (χ1n) is 6.32. The Labute approximate surface area is 116 Å².